The molecule has 5 nitrogen and oxygen atoms in total. The Balaban J connectivity index is 1.96. The molecule has 0 radical (unpaired) electrons. The van der Waals surface area contributed by atoms with Gasteiger partial charge in [-0.2, -0.15) is 0 Å². The maximum Gasteiger partial charge on any atom is 0.206 e. The number of halogens is 1. The number of benzene rings is 1. The Labute approximate surface area is 116 Å². The predicted octanol–water partition coefficient (Wildman–Crippen LogP) is 1.88. The van der Waals surface area contributed by atoms with Crippen LogP contribution in [0, 0.1) is 21.8 Å². The molecular formula is C14H17FN2O3. The van der Waals surface area contributed by atoms with Gasteiger partial charge in [0, 0.05) is 17.4 Å². The van der Waals surface area contributed by atoms with Gasteiger partial charge in [0.15, 0.2) is 0 Å². The molecule has 1 fully saturated rings. The third kappa shape index (κ3) is 3.84. The molecule has 0 aliphatic carbocycles. The van der Waals surface area contributed by atoms with E-state index in [1.54, 1.807) is 12.1 Å². The minimum atomic E-state index is -0.317. The van der Waals surface area contributed by atoms with E-state index in [1.165, 1.54) is 12.1 Å². The minimum Gasteiger partial charge on any atom is -0.302 e. The molecule has 0 saturated carbocycles. The number of hydrogen-bond acceptors (Lipinski definition) is 4. The number of likely N-dealkylation sites (tertiary alicyclic amines) is 1. The fourth-order valence-electron chi connectivity index (χ4n) is 2.66. The smallest absolute Gasteiger partial charge is 0.206 e. The molecule has 108 valence electrons. The normalized spacial score (nSPS) is 23.4. The van der Waals surface area contributed by atoms with Gasteiger partial charge in [0.2, 0.25) is 6.54 Å². The van der Waals surface area contributed by atoms with E-state index in [1.807, 2.05) is 4.90 Å². The Morgan fingerprint density at radius 1 is 1.40 bits per heavy atom. The highest BCUT2D eigenvalue weighted by Gasteiger charge is 2.30. The van der Waals surface area contributed by atoms with E-state index in [4.69, 9.17) is 0 Å². The Hall–Kier alpha value is -1.82. The Morgan fingerprint density at radius 3 is 2.70 bits per heavy atom. The van der Waals surface area contributed by atoms with Crippen molar-refractivity contribution in [1.29, 1.82) is 0 Å². The van der Waals surface area contributed by atoms with E-state index in [-0.39, 0.29) is 29.2 Å². The second-order valence-electron chi connectivity index (χ2n) is 5.21. The first kappa shape index (κ1) is 14.6. The standard InChI is InChI=1S/C14H17FN2O3/c15-13-3-1-11(2-4-13)8-16-6-5-12(9-17(19)20)7-14(16)10-18/h1-4,10,12,14H,5-9H2. The zero-order chi connectivity index (χ0) is 14.5. The molecule has 0 spiro atoms. The third-order valence-electron chi connectivity index (χ3n) is 3.73. The highest BCUT2D eigenvalue weighted by molar-refractivity contribution is 5.57. The molecule has 0 bridgehead atoms. The van der Waals surface area contributed by atoms with Gasteiger partial charge in [-0.15, -0.1) is 0 Å². The van der Waals surface area contributed by atoms with Gasteiger partial charge in [0.1, 0.15) is 12.1 Å². The number of carbonyl (C=O) groups excluding carboxylic acids is 1. The Morgan fingerprint density at radius 2 is 2.10 bits per heavy atom. The summed E-state index contributed by atoms with van der Waals surface area (Å²) in [6.45, 7) is 1.14. The number of carbonyl (C=O) groups is 1. The summed E-state index contributed by atoms with van der Waals surface area (Å²) in [5.41, 5.74) is 0.936. The van der Waals surface area contributed by atoms with Crippen molar-refractivity contribution in [3.05, 3.63) is 45.8 Å². The molecule has 0 amide bonds. The van der Waals surface area contributed by atoms with Gasteiger partial charge in [-0.25, -0.2) is 4.39 Å². The summed E-state index contributed by atoms with van der Waals surface area (Å²) in [6.07, 6.45) is 2.09. The second kappa shape index (κ2) is 6.56. The molecule has 6 heteroatoms. The van der Waals surface area contributed by atoms with Crippen LogP contribution < -0.4 is 0 Å². The fourth-order valence-corrected chi connectivity index (χ4v) is 2.66. The largest absolute Gasteiger partial charge is 0.302 e. The summed E-state index contributed by atoms with van der Waals surface area (Å²) in [5.74, 6) is -0.324. The highest BCUT2D eigenvalue weighted by Crippen LogP contribution is 2.24. The first-order valence-electron chi connectivity index (χ1n) is 6.64. The van der Waals surface area contributed by atoms with Gasteiger partial charge >= 0.3 is 0 Å². The van der Waals surface area contributed by atoms with Crippen LogP contribution >= 0.6 is 0 Å². The molecule has 2 rings (SSSR count). The van der Waals surface area contributed by atoms with Gasteiger partial charge in [0.25, 0.3) is 0 Å². The molecular weight excluding hydrogens is 263 g/mol. The van der Waals surface area contributed by atoms with E-state index in [2.05, 4.69) is 0 Å². The van der Waals surface area contributed by atoms with Crippen molar-refractivity contribution in [1.82, 2.24) is 4.90 Å². The summed E-state index contributed by atoms with van der Waals surface area (Å²) in [5, 5.41) is 10.5. The summed E-state index contributed by atoms with van der Waals surface area (Å²) in [7, 11) is 0. The van der Waals surface area contributed by atoms with E-state index in [0.717, 1.165) is 11.8 Å². The van der Waals surface area contributed by atoms with Crippen molar-refractivity contribution >= 4 is 6.29 Å². The van der Waals surface area contributed by atoms with E-state index in [0.29, 0.717) is 25.9 Å². The number of nitro groups is 1. The highest BCUT2D eigenvalue weighted by atomic mass is 19.1. The first-order chi connectivity index (χ1) is 9.58. The van der Waals surface area contributed by atoms with Crippen LogP contribution in [0.15, 0.2) is 24.3 Å². The van der Waals surface area contributed by atoms with Crippen LogP contribution in [-0.4, -0.2) is 35.2 Å². The molecule has 0 N–H and O–H groups in total. The van der Waals surface area contributed by atoms with Gasteiger partial charge in [-0.1, -0.05) is 12.1 Å². The van der Waals surface area contributed by atoms with Crippen molar-refractivity contribution in [2.75, 3.05) is 13.1 Å². The summed E-state index contributed by atoms with van der Waals surface area (Å²) < 4.78 is 12.8. The lowest BCUT2D eigenvalue weighted by atomic mass is 9.91. The fraction of sp³-hybridized carbons (Fsp3) is 0.500. The first-order valence-corrected chi connectivity index (χ1v) is 6.64. The number of nitrogens with zero attached hydrogens (tertiary/aromatic N) is 2. The number of hydrogen-bond donors (Lipinski definition) is 0. The van der Waals surface area contributed by atoms with Gasteiger partial charge in [-0.05, 0) is 37.1 Å². The molecule has 1 aliphatic heterocycles. The van der Waals surface area contributed by atoms with Crippen molar-refractivity contribution in [2.45, 2.75) is 25.4 Å². The van der Waals surface area contributed by atoms with Crippen LogP contribution in [0.5, 0.6) is 0 Å². The number of rotatable bonds is 5. The monoisotopic (exact) mass is 280 g/mol. The molecule has 20 heavy (non-hydrogen) atoms. The summed E-state index contributed by atoms with van der Waals surface area (Å²) in [4.78, 5) is 23.4. The van der Waals surface area contributed by atoms with E-state index < -0.39 is 0 Å². The lowest BCUT2D eigenvalue weighted by Gasteiger charge is -2.35. The molecule has 1 saturated heterocycles. The van der Waals surface area contributed by atoms with Crippen molar-refractivity contribution < 1.29 is 14.1 Å². The van der Waals surface area contributed by atoms with Crippen molar-refractivity contribution in [2.24, 2.45) is 5.92 Å². The maximum atomic E-state index is 12.8. The SMILES string of the molecule is O=CC1CC(C[N+](=O)[O-])CCN1Cc1ccc(F)cc1. The van der Waals surface area contributed by atoms with Crippen LogP contribution in [0.4, 0.5) is 4.39 Å². The van der Waals surface area contributed by atoms with Crippen LogP contribution in [-0.2, 0) is 11.3 Å². The molecule has 2 atom stereocenters. The molecule has 0 aromatic heterocycles. The summed E-state index contributed by atoms with van der Waals surface area (Å²) in [6, 6.07) is 5.88. The second-order valence-corrected chi connectivity index (χ2v) is 5.21. The third-order valence-corrected chi connectivity index (χ3v) is 3.73. The van der Waals surface area contributed by atoms with E-state index >= 15 is 0 Å². The lowest BCUT2D eigenvalue weighted by Crippen LogP contribution is -2.44. The Kier molecular flexibility index (Phi) is 4.79. The minimum absolute atomic E-state index is 0.0373. The molecule has 1 aromatic rings. The average molecular weight is 280 g/mol. The zero-order valence-corrected chi connectivity index (χ0v) is 11.1. The number of piperidine rings is 1. The van der Waals surface area contributed by atoms with Crippen molar-refractivity contribution in [3.8, 4) is 0 Å². The van der Waals surface area contributed by atoms with Gasteiger partial charge in [0.05, 0.1) is 6.04 Å². The predicted molar refractivity (Wildman–Crippen MR) is 71.2 cm³/mol. The Bertz CT molecular complexity index is 478. The molecule has 2 unspecified atom stereocenters. The summed E-state index contributed by atoms with van der Waals surface area (Å²) >= 11 is 0. The maximum absolute atomic E-state index is 12.8. The van der Waals surface area contributed by atoms with Crippen molar-refractivity contribution in [3.63, 3.8) is 0 Å². The van der Waals surface area contributed by atoms with Gasteiger partial charge in [-0.3, -0.25) is 15.0 Å². The van der Waals surface area contributed by atoms with Crippen LogP contribution in [0.25, 0.3) is 0 Å². The zero-order valence-electron chi connectivity index (χ0n) is 11.1. The molecule has 1 heterocycles. The van der Waals surface area contributed by atoms with Crippen LogP contribution in [0.2, 0.25) is 0 Å². The molecule has 1 aromatic carbocycles. The van der Waals surface area contributed by atoms with Gasteiger partial charge < -0.3 is 4.79 Å². The number of aldehydes is 1. The van der Waals surface area contributed by atoms with Crippen LogP contribution in [0.3, 0.4) is 0 Å². The quantitative estimate of drug-likeness (QED) is 0.469. The van der Waals surface area contributed by atoms with E-state index in [9.17, 15) is 19.3 Å². The lowest BCUT2D eigenvalue weighted by molar-refractivity contribution is -0.489. The van der Waals surface area contributed by atoms with Crippen LogP contribution in [0.1, 0.15) is 18.4 Å². The topological polar surface area (TPSA) is 63.4 Å². The average Bonchev–Trinajstić information content (AvgIpc) is 2.42. The molecule has 1 aliphatic rings.